The van der Waals surface area contributed by atoms with Crippen molar-refractivity contribution in [2.75, 3.05) is 27.3 Å². The lowest BCUT2D eigenvalue weighted by Crippen LogP contribution is -2.10. The van der Waals surface area contributed by atoms with Crippen LogP contribution in [0.4, 0.5) is 0 Å². The maximum Gasteiger partial charge on any atom is 0.341 e. The predicted molar refractivity (Wildman–Crippen MR) is 71.4 cm³/mol. The van der Waals surface area contributed by atoms with Gasteiger partial charge in [0, 0.05) is 5.02 Å². The molecular weight excluding hydrogens is 254 g/mol. The second-order valence-electron chi connectivity index (χ2n) is 3.79. The van der Waals surface area contributed by atoms with Gasteiger partial charge in [-0.1, -0.05) is 11.6 Å². The second-order valence-corrected chi connectivity index (χ2v) is 4.23. The van der Waals surface area contributed by atoms with Gasteiger partial charge in [-0.05, 0) is 44.6 Å². The molecule has 0 saturated heterocycles. The number of hydrogen-bond acceptors (Lipinski definition) is 4. The number of ether oxygens (including phenoxy) is 2. The molecule has 0 bridgehead atoms. The highest BCUT2D eigenvalue weighted by molar-refractivity contribution is 6.30. The molecule has 1 rings (SSSR count). The number of nitrogens with one attached hydrogen (secondary N) is 1. The number of unbranched alkanes of at least 4 members (excludes halogenated alkanes) is 1. The summed E-state index contributed by atoms with van der Waals surface area (Å²) in [7, 11) is 3.25. The van der Waals surface area contributed by atoms with Crippen LogP contribution in [0, 0.1) is 0 Å². The van der Waals surface area contributed by atoms with E-state index in [1.54, 1.807) is 18.2 Å². The topological polar surface area (TPSA) is 47.6 Å². The molecule has 0 saturated carbocycles. The zero-order valence-corrected chi connectivity index (χ0v) is 11.4. The summed E-state index contributed by atoms with van der Waals surface area (Å²) in [6.07, 6.45) is 1.93. The average molecular weight is 272 g/mol. The van der Waals surface area contributed by atoms with Crippen LogP contribution in [-0.4, -0.2) is 33.3 Å². The molecule has 4 nitrogen and oxygen atoms in total. The number of carbonyl (C=O) groups is 1. The average Bonchev–Trinajstić information content (AvgIpc) is 2.38. The van der Waals surface area contributed by atoms with Crippen LogP contribution < -0.4 is 10.1 Å². The van der Waals surface area contributed by atoms with Crippen LogP contribution in [0.5, 0.6) is 5.75 Å². The van der Waals surface area contributed by atoms with Gasteiger partial charge in [0.15, 0.2) is 0 Å². The highest BCUT2D eigenvalue weighted by Gasteiger charge is 2.13. The Bertz CT molecular complexity index is 396. The van der Waals surface area contributed by atoms with Gasteiger partial charge in [0.2, 0.25) is 0 Å². The zero-order valence-electron chi connectivity index (χ0n) is 10.7. The monoisotopic (exact) mass is 271 g/mol. The standard InChI is InChI=1S/C13H18ClNO3/c1-15-7-3-4-8-18-12-9-10(14)5-6-11(12)13(16)17-2/h5-6,9,15H,3-4,7-8H2,1-2H3. The van der Waals surface area contributed by atoms with Gasteiger partial charge in [0.05, 0.1) is 13.7 Å². The molecule has 0 amide bonds. The third-order valence-electron chi connectivity index (χ3n) is 2.43. The SMILES string of the molecule is CNCCCCOc1cc(Cl)ccc1C(=O)OC. The van der Waals surface area contributed by atoms with Crippen molar-refractivity contribution in [2.24, 2.45) is 0 Å². The van der Waals surface area contributed by atoms with Crippen molar-refractivity contribution < 1.29 is 14.3 Å². The summed E-state index contributed by atoms with van der Waals surface area (Å²) in [4.78, 5) is 11.5. The molecule has 0 unspecified atom stereocenters. The molecule has 0 aliphatic heterocycles. The molecule has 0 aliphatic rings. The lowest BCUT2D eigenvalue weighted by Gasteiger charge is -2.10. The molecule has 5 heteroatoms. The van der Waals surface area contributed by atoms with Crippen molar-refractivity contribution in [3.8, 4) is 5.75 Å². The van der Waals surface area contributed by atoms with E-state index < -0.39 is 5.97 Å². The van der Waals surface area contributed by atoms with E-state index in [1.807, 2.05) is 7.05 Å². The second kappa shape index (κ2) is 7.95. The van der Waals surface area contributed by atoms with Gasteiger partial charge in [-0.25, -0.2) is 4.79 Å². The van der Waals surface area contributed by atoms with Gasteiger partial charge in [0.1, 0.15) is 11.3 Å². The quantitative estimate of drug-likeness (QED) is 0.611. The van der Waals surface area contributed by atoms with Crippen LogP contribution in [0.1, 0.15) is 23.2 Å². The van der Waals surface area contributed by atoms with E-state index in [-0.39, 0.29) is 0 Å². The third-order valence-corrected chi connectivity index (χ3v) is 2.66. The Morgan fingerprint density at radius 1 is 1.39 bits per heavy atom. The van der Waals surface area contributed by atoms with E-state index in [2.05, 4.69) is 10.1 Å². The van der Waals surface area contributed by atoms with E-state index in [9.17, 15) is 4.79 Å². The molecule has 0 heterocycles. The van der Waals surface area contributed by atoms with Crippen molar-refractivity contribution in [3.05, 3.63) is 28.8 Å². The molecule has 18 heavy (non-hydrogen) atoms. The van der Waals surface area contributed by atoms with Crippen molar-refractivity contribution in [1.82, 2.24) is 5.32 Å². The normalized spacial score (nSPS) is 10.2. The van der Waals surface area contributed by atoms with E-state index in [1.165, 1.54) is 7.11 Å². The van der Waals surface area contributed by atoms with Crippen LogP contribution in [0.3, 0.4) is 0 Å². The van der Waals surface area contributed by atoms with Crippen LogP contribution in [0.15, 0.2) is 18.2 Å². The molecule has 0 fully saturated rings. The maximum absolute atomic E-state index is 11.5. The fourth-order valence-corrected chi connectivity index (χ4v) is 1.64. The molecule has 100 valence electrons. The first-order valence-corrected chi connectivity index (χ1v) is 6.22. The number of hydrogen-bond donors (Lipinski definition) is 1. The molecule has 0 atom stereocenters. The number of esters is 1. The molecule has 0 aliphatic carbocycles. The van der Waals surface area contributed by atoms with E-state index >= 15 is 0 Å². The summed E-state index contributed by atoms with van der Waals surface area (Å²) in [5.41, 5.74) is 0.399. The van der Waals surface area contributed by atoms with E-state index in [0.717, 1.165) is 19.4 Å². The molecule has 0 aromatic heterocycles. The van der Waals surface area contributed by atoms with Crippen LogP contribution in [0.25, 0.3) is 0 Å². The van der Waals surface area contributed by atoms with E-state index in [0.29, 0.717) is 22.9 Å². The summed E-state index contributed by atoms with van der Waals surface area (Å²) >= 11 is 5.89. The van der Waals surface area contributed by atoms with Gasteiger partial charge >= 0.3 is 5.97 Å². The van der Waals surface area contributed by atoms with Crippen molar-refractivity contribution in [1.29, 1.82) is 0 Å². The maximum atomic E-state index is 11.5. The van der Waals surface area contributed by atoms with Crippen molar-refractivity contribution in [3.63, 3.8) is 0 Å². The van der Waals surface area contributed by atoms with Gasteiger partial charge < -0.3 is 14.8 Å². The molecule has 0 spiro atoms. The summed E-state index contributed by atoms with van der Waals surface area (Å²) in [6.45, 7) is 1.49. The Balaban J connectivity index is 2.62. The van der Waals surface area contributed by atoms with Gasteiger partial charge in [-0.15, -0.1) is 0 Å². The predicted octanol–water partition coefficient (Wildman–Crippen LogP) is 2.51. The van der Waals surface area contributed by atoms with Gasteiger partial charge in [-0.3, -0.25) is 0 Å². The first-order chi connectivity index (χ1) is 8.69. The number of carbonyl (C=O) groups excluding carboxylic acids is 1. The Morgan fingerprint density at radius 2 is 2.17 bits per heavy atom. The fraction of sp³-hybridized carbons (Fsp3) is 0.462. The summed E-state index contributed by atoms with van der Waals surface area (Å²) in [5, 5.41) is 3.60. The Morgan fingerprint density at radius 3 is 2.83 bits per heavy atom. The minimum absolute atomic E-state index is 0.399. The van der Waals surface area contributed by atoms with Crippen molar-refractivity contribution in [2.45, 2.75) is 12.8 Å². The van der Waals surface area contributed by atoms with E-state index in [4.69, 9.17) is 16.3 Å². The lowest BCUT2D eigenvalue weighted by atomic mass is 10.2. The third kappa shape index (κ3) is 4.55. The lowest BCUT2D eigenvalue weighted by molar-refractivity contribution is 0.0596. The summed E-state index contributed by atoms with van der Waals surface area (Å²) in [5.74, 6) is 0.0516. The number of benzene rings is 1. The Hall–Kier alpha value is -1.26. The number of rotatable bonds is 7. The summed E-state index contributed by atoms with van der Waals surface area (Å²) < 4.78 is 10.3. The minimum atomic E-state index is -0.420. The van der Waals surface area contributed by atoms with Gasteiger partial charge in [-0.2, -0.15) is 0 Å². The zero-order chi connectivity index (χ0) is 13.4. The van der Waals surface area contributed by atoms with Crippen LogP contribution in [0.2, 0.25) is 5.02 Å². The Kier molecular flexibility index (Phi) is 6.54. The van der Waals surface area contributed by atoms with Crippen molar-refractivity contribution >= 4 is 17.6 Å². The number of halogens is 1. The van der Waals surface area contributed by atoms with Gasteiger partial charge in [0.25, 0.3) is 0 Å². The number of methoxy groups -OCH3 is 1. The first-order valence-electron chi connectivity index (χ1n) is 5.84. The summed E-state index contributed by atoms with van der Waals surface area (Å²) in [6, 6.07) is 4.88. The highest BCUT2D eigenvalue weighted by atomic mass is 35.5. The molecular formula is C13H18ClNO3. The molecule has 1 N–H and O–H groups in total. The highest BCUT2D eigenvalue weighted by Crippen LogP contribution is 2.24. The van der Waals surface area contributed by atoms with Crippen LogP contribution in [-0.2, 0) is 4.74 Å². The smallest absolute Gasteiger partial charge is 0.341 e. The first kappa shape index (κ1) is 14.8. The minimum Gasteiger partial charge on any atom is -0.493 e. The Labute approximate surface area is 112 Å². The fourth-order valence-electron chi connectivity index (χ4n) is 1.48. The molecule has 1 aromatic rings. The largest absolute Gasteiger partial charge is 0.493 e. The molecule has 1 aromatic carbocycles. The molecule has 0 radical (unpaired) electrons. The van der Waals surface area contributed by atoms with Crippen LogP contribution >= 0.6 is 11.6 Å².